The van der Waals surface area contributed by atoms with Gasteiger partial charge in [0.1, 0.15) is 17.7 Å². The summed E-state index contributed by atoms with van der Waals surface area (Å²) in [5, 5.41) is 14.0. The molecule has 0 unspecified atom stereocenters. The standard InChI is InChI=1S/C11H15N5O/c1-6-8-9(12)13-5-14-16(8)10(15-6)7-3-11(2,17)4-7/h5,7,17H,3-4H2,1-2H3,(H2,12,13,14). The van der Waals surface area contributed by atoms with Crippen molar-refractivity contribution in [1.82, 2.24) is 19.6 Å². The molecule has 0 amide bonds. The summed E-state index contributed by atoms with van der Waals surface area (Å²) >= 11 is 0. The molecule has 2 aromatic heterocycles. The predicted molar refractivity (Wildman–Crippen MR) is 62.5 cm³/mol. The summed E-state index contributed by atoms with van der Waals surface area (Å²) < 4.78 is 1.75. The number of imidazole rings is 1. The highest BCUT2D eigenvalue weighted by Gasteiger charge is 2.41. The van der Waals surface area contributed by atoms with E-state index in [2.05, 4.69) is 15.1 Å². The molecule has 6 nitrogen and oxygen atoms in total. The number of nitrogens with zero attached hydrogens (tertiary/aromatic N) is 4. The first-order chi connectivity index (χ1) is 7.98. The number of aromatic nitrogens is 4. The van der Waals surface area contributed by atoms with Gasteiger partial charge < -0.3 is 10.8 Å². The molecule has 0 saturated heterocycles. The molecule has 0 aliphatic heterocycles. The fraction of sp³-hybridized carbons (Fsp3) is 0.545. The molecule has 6 heteroatoms. The van der Waals surface area contributed by atoms with E-state index >= 15 is 0 Å². The maximum Gasteiger partial charge on any atom is 0.153 e. The van der Waals surface area contributed by atoms with Crippen molar-refractivity contribution in [3.05, 3.63) is 17.8 Å². The van der Waals surface area contributed by atoms with Crippen LogP contribution >= 0.6 is 0 Å². The summed E-state index contributed by atoms with van der Waals surface area (Å²) in [5.41, 5.74) is 6.87. The van der Waals surface area contributed by atoms with Crippen LogP contribution in [0.3, 0.4) is 0 Å². The lowest BCUT2D eigenvalue weighted by molar-refractivity contribution is -0.0337. The van der Waals surface area contributed by atoms with E-state index < -0.39 is 5.60 Å². The summed E-state index contributed by atoms with van der Waals surface area (Å²) in [6, 6.07) is 0. The first-order valence-corrected chi connectivity index (χ1v) is 5.66. The van der Waals surface area contributed by atoms with E-state index in [1.807, 2.05) is 13.8 Å². The van der Waals surface area contributed by atoms with Gasteiger partial charge in [0, 0.05) is 5.92 Å². The molecule has 0 aromatic carbocycles. The summed E-state index contributed by atoms with van der Waals surface area (Å²) in [4.78, 5) is 8.48. The second kappa shape index (κ2) is 3.16. The molecule has 17 heavy (non-hydrogen) atoms. The van der Waals surface area contributed by atoms with Gasteiger partial charge in [0.15, 0.2) is 5.82 Å². The zero-order valence-electron chi connectivity index (χ0n) is 9.88. The smallest absolute Gasteiger partial charge is 0.153 e. The van der Waals surface area contributed by atoms with Gasteiger partial charge in [-0.3, -0.25) is 0 Å². The fourth-order valence-electron chi connectivity index (χ4n) is 2.60. The van der Waals surface area contributed by atoms with Crippen LogP contribution in [0.15, 0.2) is 6.33 Å². The minimum absolute atomic E-state index is 0.250. The van der Waals surface area contributed by atoms with Crippen molar-refractivity contribution in [1.29, 1.82) is 0 Å². The van der Waals surface area contributed by atoms with Gasteiger partial charge in [-0.05, 0) is 26.7 Å². The minimum atomic E-state index is -0.566. The number of fused-ring (bicyclic) bond motifs is 1. The van der Waals surface area contributed by atoms with Crippen molar-refractivity contribution in [3.8, 4) is 0 Å². The van der Waals surface area contributed by atoms with Crippen LogP contribution in [0.25, 0.3) is 5.52 Å². The Hall–Kier alpha value is -1.69. The van der Waals surface area contributed by atoms with Crippen LogP contribution in [0.2, 0.25) is 0 Å². The molecule has 3 rings (SSSR count). The number of aliphatic hydroxyl groups is 1. The number of anilines is 1. The Bertz CT molecular complexity index is 581. The van der Waals surface area contributed by atoms with E-state index in [-0.39, 0.29) is 5.92 Å². The molecular formula is C11H15N5O. The summed E-state index contributed by atoms with van der Waals surface area (Å²) in [6.07, 6.45) is 2.87. The van der Waals surface area contributed by atoms with Crippen LogP contribution in [-0.4, -0.2) is 30.3 Å². The summed E-state index contributed by atoms with van der Waals surface area (Å²) in [5.74, 6) is 1.57. The molecule has 0 atom stereocenters. The third kappa shape index (κ3) is 1.48. The van der Waals surface area contributed by atoms with Crippen molar-refractivity contribution in [2.45, 2.75) is 38.2 Å². The predicted octanol–water partition coefficient (Wildman–Crippen LogP) is 0.643. The van der Waals surface area contributed by atoms with Gasteiger partial charge in [-0.1, -0.05) is 0 Å². The number of nitrogen functional groups attached to an aromatic ring is 1. The van der Waals surface area contributed by atoms with Crippen LogP contribution in [0.5, 0.6) is 0 Å². The molecule has 1 aliphatic rings. The van der Waals surface area contributed by atoms with Crippen molar-refractivity contribution in [2.75, 3.05) is 5.73 Å². The number of aryl methyl sites for hydroxylation is 1. The number of nitrogens with two attached hydrogens (primary N) is 1. The monoisotopic (exact) mass is 233 g/mol. The maximum absolute atomic E-state index is 9.78. The molecule has 2 heterocycles. The van der Waals surface area contributed by atoms with E-state index in [4.69, 9.17) is 5.73 Å². The van der Waals surface area contributed by atoms with E-state index in [0.29, 0.717) is 5.82 Å². The molecule has 1 fully saturated rings. The van der Waals surface area contributed by atoms with Crippen molar-refractivity contribution in [3.63, 3.8) is 0 Å². The highest BCUT2D eigenvalue weighted by molar-refractivity contribution is 5.68. The number of hydrogen-bond donors (Lipinski definition) is 2. The average molecular weight is 233 g/mol. The van der Waals surface area contributed by atoms with Crippen LogP contribution in [0, 0.1) is 6.92 Å². The zero-order chi connectivity index (χ0) is 12.2. The van der Waals surface area contributed by atoms with E-state index in [0.717, 1.165) is 29.9 Å². The molecule has 0 radical (unpaired) electrons. The molecule has 0 bridgehead atoms. The van der Waals surface area contributed by atoms with Gasteiger partial charge in [0.25, 0.3) is 0 Å². The zero-order valence-corrected chi connectivity index (χ0v) is 9.88. The fourth-order valence-corrected chi connectivity index (χ4v) is 2.60. The Morgan fingerprint density at radius 3 is 2.88 bits per heavy atom. The Balaban J connectivity index is 2.10. The van der Waals surface area contributed by atoms with Crippen LogP contribution in [0.4, 0.5) is 5.82 Å². The molecule has 90 valence electrons. The van der Waals surface area contributed by atoms with Crippen LogP contribution in [0.1, 0.15) is 37.2 Å². The average Bonchev–Trinajstić information content (AvgIpc) is 2.54. The second-order valence-electron chi connectivity index (χ2n) is 5.06. The number of rotatable bonds is 1. The third-order valence-electron chi connectivity index (χ3n) is 3.40. The normalized spacial score (nSPS) is 28.3. The second-order valence-corrected chi connectivity index (χ2v) is 5.06. The van der Waals surface area contributed by atoms with Crippen molar-refractivity contribution >= 4 is 11.3 Å². The molecule has 1 saturated carbocycles. The van der Waals surface area contributed by atoms with E-state index in [1.165, 1.54) is 6.33 Å². The Morgan fingerprint density at radius 2 is 2.24 bits per heavy atom. The van der Waals surface area contributed by atoms with Gasteiger partial charge in [-0.25, -0.2) is 14.5 Å². The topological polar surface area (TPSA) is 89.3 Å². The summed E-state index contributed by atoms with van der Waals surface area (Å²) in [6.45, 7) is 3.74. The minimum Gasteiger partial charge on any atom is -0.390 e. The van der Waals surface area contributed by atoms with Gasteiger partial charge in [0.2, 0.25) is 0 Å². The van der Waals surface area contributed by atoms with Gasteiger partial charge in [-0.15, -0.1) is 0 Å². The Kier molecular flexibility index (Phi) is 1.95. The molecular weight excluding hydrogens is 218 g/mol. The van der Waals surface area contributed by atoms with Crippen LogP contribution in [-0.2, 0) is 0 Å². The molecule has 1 aliphatic carbocycles. The molecule has 3 N–H and O–H groups in total. The Labute approximate surface area is 98.5 Å². The van der Waals surface area contributed by atoms with Gasteiger partial charge in [0.05, 0.1) is 11.3 Å². The van der Waals surface area contributed by atoms with Crippen molar-refractivity contribution < 1.29 is 5.11 Å². The lowest BCUT2D eigenvalue weighted by Gasteiger charge is -2.39. The lowest BCUT2D eigenvalue weighted by Crippen LogP contribution is -2.40. The van der Waals surface area contributed by atoms with Crippen LogP contribution < -0.4 is 5.73 Å². The van der Waals surface area contributed by atoms with Gasteiger partial charge in [-0.2, -0.15) is 5.10 Å². The maximum atomic E-state index is 9.78. The first kappa shape index (κ1) is 10.5. The largest absolute Gasteiger partial charge is 0.390 e. The quantitative estimate of drug-likeness (QED) is 0.754. The highest BCUT2D eigenvalue weighted by atomic mass is 16.3. The Morgan fingerprint density at radius 1 is 1.53 bits per heavy atom. The first-order valence-electron chi connectivity index (χ1n) is 5.66. The van der Waals surface area contributed by atoms with Gasteiger partial charge >= 0.3 is 0 Å². The number of hydrogen-bond acceptors (Lipinski definition) is 5. The van der Waals surface area contributed by atoms with E-state index in [1.54, 1.807) is 4.52 Å². The molecule has 0 spiro atoms. The summed E-state index contributed by atoms with van der Waals surface area (Å²) in [7, 11) is 0. The lowest BCUT2D eigenvalue weighted by atomic mass is 9.72. The van der Waals surface area contributed by atoms with E-state index in [9.17, 15) is 5.11 Å². The third-order valence-corrected chi connectivity index (χ3v) is 3.40. The SMILES string of the molecule is Cc1nc(C2CC(C)(O)C2)n2ncnc(N)c12. The highest BCUT2D eigenvalue weighted by Crippen LogP contribution is 2.44. The van der Waals surface area contributed by atoms with Crippen molar-refractivity contribution in [2.24, 2.45) is 0 Å². The molecule has 2 aromatic rings.